The molecule has 1 aromatic carbocycles. The van der Waals surface area contributed by atoms with E-state index in [0.29, 0.717) is 10.9 Å². The molecule has 3 heteroatoms. The van der Waals surface area contributed by atoms with Gasteiger partial charge in [0, 0.05) is 5.02 Å². The van der Waals surface area contributed by atoms with Gasteiger partial charge < -0.3 is 5.11 Å². The summed E-state index contributed by atoms with van der Waals surface area (Å²) in [5.41, 5.74) is 0.983. The second kappa shape index (κ2) is 4.50. The molecule has 0 aliphatic heterocycles. The van der Waals surface area contributed by atoms with E-state index in [1.165, 1.54) is 12.1 Å². The lowest BCUT2D eigenvalue weighted by Crippen LogP contribution is -2.03. The molecule has 0 amide bonds. The summed E-state index contributed by atoms with van der Waals surface area (Å²) in [6.45, 7) is 0. The van der Waals surface area contributed by atoms with Gasteiger partial charge in [0.25, 0.3) is 0 Å². The summed E-state index contributed by atoms with van der Waals surface area (Å²) in [6, 6.07) is 4.53. The van der Waals surface area contributed by atoms with Crippen LogP contribution in [0.1, 0.15) is 24.8 Å². The topological polar surface area (TPSA) is 20.2 Å². The Morgan fingerprint density at radius 2 is 2.20 bits per heavy atom. The summed E-state index contributed by atoms with van der Waals surface area (Å²) in [7, 11) is 0. The van der Waals surface area contributed by atoms with Gasteiger partial charge >= 0.3 is 0 Å². The molecule has 1 aliphatic carbocycles. The van der Waals surface area contributed by atoms with Crippen molar-refractivity contribution in [1.82, 2.24) is 0 Å². The second-order valence-corrected chi connectivity index (χ2v) is 4.68. The van der Waals surface area contributed by atoms with Crippen LogP contribution in [0, 0.1) is 11.7 Å². The molecule has 1 fully saturated rings. The van der Waals surface area contributed by atoms with Crippen LogP contribution in [0.25, 0.3) is 0 Å². The van der Waals surface area contributed by atoms with Gasteiger partial charge in [-0.15, -0.1) is 0 Å². The zero-order chi connectivity index (χ0) is 10.8. The Kier molecular flexibility index (Phi) is 3.27. The fraction of sp³-hybridized carbons (Fsp3) is 0.500. The summed E-state index contributed by atoms with van der Waals surface area (Å²) in [4.78, 5) is 0. The van der Waals surface area contributed by atoms with Gasteiger partial charge in [-0.3, -0.25) is 0 Å². The molecule has 82 valence electrons. The zero-order valence-electron chi connectivity index (χ0n) is 8.42. The maximum atomic E-state index is 12.8. The fourth-order valence-corrected chi connectivity index (χ4v) is 2.48. The van der Waals surface area contributed by atoms with Crippen molar-refractivity contribution in [2.24, 2.45) is 5.92 Å². The van der Waals surface area contributed by atoms with Crippen LogP contribution in [-0.2, 0) is 6.42 Å². The van der Waals surface area contributed by atoms with E-state index in [2.05, 4.69) is 0 Å². The van der Waals surface area contributed by atoms with Crippen molar-refractivity contribution >= 4 is 11.6 Å². The van der Waals surface area contributed by atoms with Gasteiger partial charge in [-0.1, -0.05) is 17.7 Å². The molecular weight excluding hydrogens is 215 g/mol. The van der Waals surface area contributed by atoms with Gasteiger partial charge in [-0.05, 0) is 49.3 Å². The largest absolute Gasteiger partial charge is 0.393 e. The SMILES string of the molecule is OC1CCC(Cc2ccc(F)cc2Cl)C1. The standard InChI is InChI=1S/C12H14ClFO/c13-12-7-10(14)3-2-9(12)5-8-1-4-11(15)6-8/h2-3,7-8,11,15H,1,4-6H2. The Balaban J connectivity index is 2.04. The first-order valence-electron chi connectivity index (χ1n) is 5.27. The van der Waals surface area contributed by atoms with Gasteiger partial charge in [-0.2, -0.15) is 0 Å². The first-order valence-corrected chi connectivity index (χ1v) is 5.65. The summed E-state index contributed by atoms with van der Waals surface area (Å²) >= 11 is 5.94. The molecule has 2 rings (SSSR count). The number of aliphatic hydroxyl groups is 1. The van der Waals surface area contributed by atoms with Crippen molar-refractivity contribution < 1.29 is 9.50 Å². The molecule has 0 aromatic heterocycles. The minimum atomic E-state index is -0.296. The van der Waals surface area contributed by atoms with E-state index in [1.54, 1.807) is 6.07 Å². The first kappa shape index (κ1) is 10.9. The van der Waals surface area contributed by atoms with Crippen LogP contribution in [0.3, 0.4) is 0 Å². The first-order chi connectivity index (χ1) is 7.15. The number of aliphatic hydroxyl groups excluding tert-OH is 1. The third-order valence-electron chi connectivity index (χ3n) is 3.04. The van der Waals surface area contributed by atoms with Gasteiger partial charge in [0.05, 0.1) is 6.10 Å². The molecule has 15 heavy (non-hydrogen) atoms. The Morgan fingerprint density at radius 1 is 1.40 bits per heavy atom. The number of halogens is 2. The van der Waals surface area contributed by atoms with Crippen molar-refractivity contribution in [2.75, 3.05) is 0 Å². The van der Waals surface area contributed by atoms with E-state index < -0.39 is 0 Å². The molecule has 1 saturated carbocycles. The fourth-order valence-electron chi connectivity index (χ4n) is 2.23. The lowest BCUT2D eigenvalue weighted by molar-refractivity contribution is 0.177. The van der Waals surface area contributed by atoms with Crippen LogP contribution >= 0.6 is 11.6 Å². The number of benzene rings is 1. The predicted molar refractivity (Wildman–Crippen MR) is 58.5 cm³/mol. The molecule has 1 aliphatic rings. The number of hydrogen-bond acceptors (Lipinski definition) is 1. The number of hydrogen-bond donors (Lipinski definition) is 1. The average molecular weight is 229 g/mol. The third kappa shape index (κ3) is 2.70. The highest BCUT2D eigenvalue weighted by molar-refractivity contribution is 6.31. The van der Waals surface area contributed by atoms with Crippen molar-refractivity contribution in [2.45, 2.75) is 31.8 Å². The smallest absolute Gasteiger partial charge is 0.124 e. The van der Waals surface area contributed by atoms with E-state index in [4.69, 9.17) is 11.6 Å². The van der Waals surface area contributed by atoms with E-state index in [0.717, 1.165) is 31.2 Å². The molecule has 1 N–H and O–H groups in total. The summed E-state index contributed by atoms with van der Waals surface area (Å²) in [5, 5.41) is 9.89. The second-order valence-electron chi connectivity index (χ2n) is 4.27. The quantitative estimate of drug-likeness (QED) is 0.824. The van der Waals surface area contributed by atoms with Gasteiger partial charge in [0.2, 0.25) is 0 Å². The molecule has 0 heterocycles. The predicted octanol–water partition coefficient (Wildman–Crippen LogP) is 3.18. The summed E-state index contributed by atoms with van der Waals surface area (Å²) in [5.74, 6) is 0.193. The van der Waals surface area contributed by atoms with Crippen LogP contribution < -0.4 is 0 Å². The Hall–Kier alpha value is -0.600. The highest BCUT2D eigenvalue weighted by Crippen LogP contribution is 2.30. The van der Waals surface area contributed by atoms with Crippen molar-refractivity contribution in [3.63, 3.8) is 0 Å². The molecule has 2 unspecified atom stereocenters. The zero-order valence-corrected chi connectivity index (χ0v) is 9.17. The van der Waals surface area contributed by atoms with Gasteiger partial charge in [0.15, 0.2) is 0 Å². The summed E-state index contributed by atoms with van der Waals surface area (Å²) < 4.78 is 12.8. The summed E-state index contributed by atoms with van der Waals surface area (Å²) in [6.07, 6.45) is 3.44. The van der Waals surface area contributed by atoms with E-state index in [1.807, 2.05) is 0 Å². The average Bonchev–Trinajstić information content (AvgIpc) is 2.56. The van der Waals surface area contributed by atoms with Crippen molar-refractivity contribution in [3.8, 4) is 0 Å². The highest BCUT2D eigenvalue weighted by atomic mass is 35.5. The van der Waals surface area contributed by atoms with Crippen molar-refractivity contribution in [1.29, 1.82) is 0 Å². The van der Waals surface area contributed by atoms with Crippen molar-refractivity contribution in [3.05, 3.63) is 34.6 Å². The van der Waals surface area contributed by atoms with E-state index >= 15 is 0 Å². The lowest BCUT2D eigenvalue weighted by Gasteiger charge is -2.10. The van der Waals surface area contributed by atoms with Crippen LogP contribution in [0.2, 0.25) is 5.02 Å². The molecule has 0 bridgehead atoms. The molecule has 1 nitrogen and oxygen atoms in total. The van der Waals surface area contributed by atoms with Crippen LogP contribution in [-0.4, -0.2) is 11.2 Å². The molecule has 2 atom stereocenters. The highest BCUT2D eigenvalue weighted by Gasteiger charge is 2.23. The van der Waals surface area contributed by atoms with Crippen LogP contribution in [0.15, 0.2) is 18.2 Å². The minimum Gasteiger partial charge on any atom is -0.393 e. The molecule has 0 radical (unpaired) electrons. The molecular formula is C12H14ClFO. The Labute approximate surface area is 93.9 Å². The van der Waals surface area contributed by atoms with Crippen LogP contribution in [0.4, 0.5) is 4.39 Å². The Morgan fingerprint density at radius 3 is 2.80 bits per heavy atom. The lowest BCUT2D eigenvalue weighted by atomic mass is 9.98. The molecule has 0 saturated heterocycles. The molecule has 0 spiro atoms. The van der Waals surface area contributed by atoms with Crippen LogP contribution in [0.5, 0.6) is 0 Å². The van der Waals surface area contributed by atoms with Gasteiger partial charge in [-0.25, -0.2) is 4.39 Å². The minimum absolute atomic E-state index is 0.158. The monoisotopic (exact) mass is 228 g/mol. The number of rotatable bonds is 2. The maximum Gasteiger partial charge on any atom is 0.124 e. The van der Waals surface area contributed by atoms with E-state index in [9.17, 15) is 9.50 Å². The maximum absolute atomic E-state index is 12.8. The molecule has 1 aromatic rings. The van der Waals surface area contributed by atoms with E-state index in [-0.39, 0.29) is 11.9 Å². The van der Waals surface area contributed by atoms with Gasteiger partial charge in [0.1, 0.15) is 5.82 Å². The normalized spacial score (nSPS) is 25.8. The Bertz CT molecular complexity index is 353. The third-order valence-corrected chi connectivity index (χ3v) is 3.39.